The van der Waals surface area contributed by atoms with Crippen LogP contribution in [0.15, 0.2) is 11.1 Å². The molecule has 0 aliphatic heterocycles. The van der Waals surface area contributed by atoms with E-state index in [9.17, 15) is 0 Å². The van der Waals surface area contributed by atoms with Crippen molar-refractivity contribution < 1.29 is 0 Å². The molecule has 0 fully saturated rings. The number of amidine groups is 1. The van der Waals surface area contributed by atoms with E-state index >= 15 is 0 Å². The molecule has 0 unspecified atom stereocenters. The highest BCUT2D eigenvalue weighted by molar-refractivity contribution is 8.13. The summed E-state index contributed by atoms with van der Waals surface area (Å²) in [4.78, 5) is 4.29. The topological polar surface area (TPSA) is 66.0 Å². The molecule has 0 amide bonds. The Kier molecular flexibility index (Phi) is 5.57. The molecular weight excluding hydrogens is 234 g/mol. The van der Waals surface area contributed by atoms with E-state index < -0.39 is 0 Å². The number of aliphatic imine (C=N–C) groups is 1. The number of aromatic nitrogens is 2. The summed E-state index contributed by atoms with van der Waals surface area (Å²) >= 11 is 1.44. The normalized spacial score (nSPS) is 11.3. The van der Waals surface area contributed by atoms with E-state index in [0.29, 0.717) is 11.7 Å². The SMILES string of the molecule is CSC(=NCCCn1nc(C)cc1C)NC#N. The lowest BCUT2D eigenvalue weighted by atomic mass is 10.4. The van der Waals surface area contributed by atoms with Crippen LogP contribution in [0, 0.1) is 25.3 Å². The molecule has 1 N–H and O–H groups in total. The first kappa shape index (κ1) is 13.6. The molecule has 5 nitrogen and oxygen atoms in total. The minimum atomic E-state index is 0.667. The van der Waals surface area contributed by atoms with Crippen molar-refractivity contribution in [3.8, 4) is 6.19 Å². The number of hydrogen-bond acceptors (Lipinski definition) is 4. The summed E-state index contributed by atoms with van der Waals surface area (Å²) in [7, 11) is 0. The molecule has 0 radical (unpaired) electrons. The third kappa shape index (κ3) is 4.49. The first-order chi connectivity index (χ1) is 8.17. The summed E-state index contributed by atoms with van der Waals surface area (Å²) in [5.74, 6) is 0. The molecule has 1 heterocycles. The van der Waals surface area contributed by atoms with Crippen LogP contribution in [0.4, 0.5) is 0 Å². The molecule has 0 aliphatic rings. The van der Waals surface area contributed by atoms with Gasteiger partial charge in [-0.1, -0.05) is 11.8 Å². The molecule has 1 aromatic rings. The van der Waals surface area contributed by atoms with Crippen molar-refractivity contribution in [3.05, 3.63) is 17.5 Å². The second-order valence-corrected chi connectivity index (χ2v) is 4.43. The van der Waals surface area contributed by atoms with Crippen molar-refractivity contribution in [2.24, 2.45) is 4.99 Å². The Morgan fingerprint density at radius 3 is 2.94 bits per heavy atom. The van der Waals surface area contributed by atoms with Gasteiger partial charge < -0.3 is 0 Å². The van der Waals surface area contributed by atoms with E-state index in [1.807, 2.05) is 31.0 Å². The Labute approximate surface area is 106 Å². The number of rotatable bonds is 4. The van der Waals surface area contributed by atoms with Crippen molar-refractivity contribution in [3.63, 3.8) is 0 Å². The second kappa shape index (κ2) is 6.97. The van der Waals surface area contributed by atoms with Crippen LogP contribution in [0.2, 0.25) is 0 Å². The largest absolute Gasteiger partial charge is 0.272 e. The van der Waals surface area contributed by atoms with Crippen LogP contribution < -0.4 is 5.32 Å². The lowest BCUT2D eigenvalue weighted by Crippen LogP contribution is -2.14. The summed E-state index contributed by atoms with van der Waals surface area (Å²) in [5, 5.41) is 16.1. The monoisotopic (exact) mass is 251 g/mol. The van der Waals surface area contributed by atoms with E-state index in [1.54, 1.807) is 0 Å². The molecular formula is C11H17N5S. The molecule has 0 saturated carbocycles. The van der Waals surface area contributed by atoms with Gasteiger partial charge in [-0.25, -0.2) is 0 Å². The Morgan fingerprint density at radius 1 is 1.65 bits per heavy atom. The number of nitriles is 1. The maximum atomic E-state index is 8.47. The summed E-state index contributed by atoms with van der Waals surface area (Å²) in [6.07, 6.45) is 4.68. The smallest absolute Gasteiger partial charge is 0.183 e. The van der Waals surface area contributed by atoms with Gasteiger partial charge >= 0.3 is 0 Å². The van der Waals surface area contributed by atoms with Crippen LogP contribution in [0.1, 0.15) is 17.8 Å². The predicted octanol–water partition coefficient (Wildman–Crippen LogP) is 1.68. The molecule has 92 valence electrons. The lowest BCUT2D eigenvalue weighted by Gasteiger charge is -2.03. The average molecular weight is 251 g/mol. The van der Waals surface area contributed by atoms with Gasteiger partial charge in [-0.05, 0) is 32.6 Å². The zero-order valence-corrected chi connectivity index (χ0v) is 11.2. The number of nitrogens with zero attached hydrogens (tertiary/aromatic N) is 4. The van der Waals surface area contributed by atoms with Gasteiger partial charge in [0.25, 0.3) is 0 Å². The molecule has 0 aliphatic carbocycles. The van der Waals surface area contributed by atoms with Gasteiger partial charge in [-0.15, -0.1) is 0 Å². The van der Waals surface area contributed by atoms with Crippen LogP contribution >= 0.6 is 11.8 Å². The van der Waals surface area contributed by atoms with Gasteiger partial charge in [0.05, 0.1) is 5.69 Å². The van der Waals surface area contributed by atoms with Gasteiger partial charge in [0.1, 0.15) is 0 Å². The highest BCUT2D eigenvalue weighted by atomic mass is 32.2. The highest BCUT2D eigenvalue weighted by Gasteiger charge is 2.00. The number of thioether (sulfide) groups is 1. The van der Waals surface area contributed by atoms with Gasteiger partial charge in [-0.2, -0.15) is 10.4 Å². The van der Waals surface area contributed by atoms with E-state index in [4.69, 9.17) is 5.26 Å². The van der Waals surface area contributed by atoms with Crippen molar-refractivity contribution in [2.45, 2.75) is 26.8 Å². The van der Waals surface area contributed by atoms with Crippen LogP contribution in [-0.2, 0) is 6.54 Å². The van der Waals surface area contributed by atoms with Crippen molar-refractivity contribution >= 4 is 16.9 Å². The van der Waals surface area contributed by atoms with Gasteiger partial charge in [0.15, 0.2) is 11.4 Å². The summed E-state index contributed by atoms with van der Waals surface area (Å²) in [6, 6.07) is 2.06. The van der Waals surface area contributed by atoms with Crippen LogP contribution in [-0.4, -0.2) is 27.7 Å². The highest BCUT2D eigenvalue weighted by Crippen LogP contribution is 2.03. The summed E-state index contributed by atoms with van der Waals surface area (Å²) in [5.41, 5.74) is 2.22. The van der Waals surface area contributed by atoms with E-state index in [2.05, 4.69) is 21.5 Å². The first-order valence-electron chi connectivity index (χ1n) is 5.42. The van der Waals surface area contributed by atoms with Gasteiger partial charge in [0, 0.05) is 18.8 Å². The van der Waals surface area contributed by atoms with Crippen LogP contribution in [0.5, 0.6) is 0 Å². The molecule has 0 atom stereocenters. The number of nitrogens with one attached hydrogen (secondary N) is 1. The molecule has 0 spiro atoms. The average Bonchev–Trinajstić information content (AvgIpc) is 2.62. The standard InChI is InChI=1S/C11H17N5S/c1-9-7-10(2)16(15-9)6-4-5-13-11(17-3)14-8-12/h7H,4-6H2,1-3H3,(H,13,14). The fourth-order valence-corrected chi connectivity index (χ4v) is 1.87. The molecule has 0 aromatic carbocycles. The first-order valence-corrected chi connectivity index (χ1v) is 6.64. The third-order valence-electron chi connectivity index (χ3n) is 2.24. The lowest BCUT2D eigenvalue weighted by molar-refractivity contribution is 0.568. The molecule has 1 aromatic heterocycles. The Morgan fingerprint density at radius 2 is 2.41 bits per heavy atom. The third-order valence-corrected chi connectivity index (χ3v) is 2.86. The van der Waals surface area contributed by atoms with Crippen molar-refractivity contribution in [1.82, 2.24) is 15.1 Å². The molecule has 17 heavy (non-hydrogen) atoms. The maximum Gasteiger partial charge on any atom is 0.183 e. The zero-order valence-electron chi connectivity index (χ0n) is 10.4. The Hall–Kier alpha value is -1.48. The van der Waals surface area contributed by atoms with Crippen molar-refractivity contribution in [1.29, 1.82) is 5.26 Å². The minimum absolute atomic E-state index is 0.667. The van der Waals surface area contributed by atoms with Crippen LogP contribution in [0.3, 0.4) is 0 Å². The molecule has 1 rings (SSSR count). The van der Waals surface area contributed by atoms with Gasteiger partial charge in [0.2, 0.25) is 0 Å². The number of hydrogen-bond donors (Lipinski definition) is 1. The van der Waals surface area contributed by atoms with Gasteiger partial charge in [-0.3, -0.25) is 15.0 Å². The summed E-state index contributed by atoms with van der Waals surface area (Å²) < 4.78 is 1.99. The van der Waals surface area contributed by atoms with Crippen molar-refractivity contribution in [2.75, 3.05) is 12.8 Å². The van der Waals surface area contributed by atoms with E-state index in [1.165, 1.54) is 17.5 Å². The molecule has 0 saturated heterocycles. The zero-order chi connectivity index (χ0) is 12.7. The molecule has 0 bridgehead atoms. The quantitative estimate of drug-likeness (QED) is 0.291. The second-order valence-electron chi connectivity index (χ2n) is 3.63. The van der Waals surface area contributed by atoms with E-state index in [-0.39, 0.29) is 0 Å². The fraction of sp³-hybridized carbons (Fsp3) is 0.545. The maximum absolute atomic E-state index is 8.47. The Balaban J connectivity index is 2.38. The van der Waals surface area contributed by atoms with Crippen LogP contribution in [0.25, 0.3) is 0 Å². The predicted molar refractivity (Wildman–Crippen MR) is 70.9 cm³/mol. The summed E-state index contributed by atoms with van der Waals surface area (Å²) in [6.45, 7) is 5.60. The number of aryl methyl sites for hydroxylation is 3. The Bertz CT molecular complexity index is 430. The molecule has 6 heteroatoms. The minimum Gasteiger partial charge on any atom is -0.272 e. The fourth-order valence-electron chi connectivity index (χ4n) is 1.51. The van der Waals surface area contributed by atoms with E-state index in [0.717, 1.165) is 18.7 Å².